The highest BCUT2D eigenvalue weighted by molar-refractivity contribution is 5.81. The normalized spacial score (nSPS) is 21.5. The summed E-state index contributed by atoms with van der Waals surface area (Å²) in [6, 6.07) is 1.58. The van der Waals surface area contributed by atoms with Crippen molar-refractivity contribution in [1.82, 2.24) is 14.7 Å². The SMILES string of the molecule is Cc1cc(C)n(CC2CN(C(=O)[C@@H](C)N)CCO2)n1. The van der Waals surface area contributed by atoms with Gasteiger partial charge in [-0.05, 0) is 26.8 Å². The second-order valence-electron chi connectivity index (χ2n) is 5.17. The summed E-state index contributed by atoms with van der Waals surface area (Å²) in [4.78, 5) is 13.7. The maximum Gasteiger partial charge on any atom is 0.239 e. The number of carbonyl (C=O) groups excluding carboxylic acids is 1. The molecule has 19 heavy (non-hydrogen) atoms. The van der Waals surface area contributed by atoms with Gasteiger partial charge in [-0.1, -0.05) is 0 Å². The molecule has 1 unspecified atom stereocenters. The van der Waals surface area contributed by atoms with Crippen LogP contribution in [0, 0.1) is 13.8 Å². The molecule has 1 aliphatic heterocycles. The first-order valence-corrected chi connectivity index (χ1v) is 6.64. The minimum absolute atomic E-state index is 0.0123. The summed E-state index contributed by atoms with van der Waals surface area (Å²) in [5.74, 6) is -0.0123. The van der Waals surface area contributed by atoms with Gasteiger partial charge >= 0.3 is 0 Å². The Morgan fingerprint density at radius 3 is 2.95 bits per heavy atom. The lowest BCUT2D eigenvalue weighted by Gasteiger charge is -2.34. The zero-order valence-electron chi connectivity index (χ0n) is 11.8. The molecule has 0 saturated carbocycles. The number of hydrogen-bond donors (Lipinski definition) is 1. The van der Waals surface area contributed by atoms with E-state index in [-0.39, 0.29) is 12.0 Å². The molecule has 1 amide bonds. The molecule has 1 fully saturated rings. The van der Waals surface area contributed by atoms with Crippen LogP contribution in [-0.4, -0.2) is 52.4 Å². The summed E-state index contributed by atoms with van der Waals surface area (Å²) in [6.07, 6.45) is -0.0190. The van der Waals surface area contributed by atoms with E-state index in [1.165, 1.54) is 0 Å². The van der Waals surface area contributed by atoms with Crippen molar-refractivity contribution in [2.24, 2.45) is 5.73 Å². The van der Waals surface area contributed by atoms with Crippen LogP contribution < -0.4 is 5.73 Å². The van der Waals surface area contributed by atoms with Gasteiger partial charge in [0.05, 0.1) is 31.0 Å². The first kappa shape index (κ1) is 14.0. The van der Waals surface area contributed by atoms with Crippen molar-refractivity contribution < 1.29 is 9.53 Å². The number of rotatable bonds is 3. The highest BCUT2D eigenvalue weighted by Gasteiger charge is 2.26. The fourth-order valence-electron chi connectivity index (χ4n) is 2.37. The number of carbonyl (C=O) groups is 1. The van der Waals surface area contributed by atoms with E-state index in [4.69, 9.17) is 10.5 Å². The number of aryl methyl sites for hydroxylation is 2. The van der Waals surface area contributed by atoms with Crippen LogP contribution in [0.5, 0.6) is 0 Å². The highest BCUT2D eigenvalue weighted by atomic mass is 16.5. The Labute approximate surface area is 113 Å². The molecule has 1 aromatic rings. The molecular formula is C13H22N4O2. The summed E-state index contributed by atoms with van der Waals surface area (Å²) in [5, 5.41) is 4.42. The molecule has 0 spiro atoms. The van der Waals surface area contributed by atoms with Crippen molar-refractivity contribution in [2.75, 3.05) is 19.7 Å². The van der Waals surface area contributed by atoms with Crippen molar-refractivity contribution in [2.45, 2.75) is 39.5 Å². The van der Waals surface area contributed by atoms with E-state index >= 15 is 0 Å². The van der Waals surface area contributed by atoms with Crippen LogP contribution in [0.3, 0.4) is 0 Å². The Bertz CT molecular complexity index is 455. The third-order valence-corrected chi connectivity index (χ3v) is 3.32. The predicted molar refractivity (Wildman–Crippen MR) is 71.7 cm³/mol. The van der Waals surface area contributed by atoms with E-state index < -0.39 is 6.04 Å². The second-order valence-corrected chi connectivity index (χ2v) is 5.17. The molecule has 6 heteroatoms. The summed E-state index contributed by atoms with van der Waals surface area (Å²) >= 11 is 0. The molecule has 2 rings (SSSR count). The molecule has 1 aromatic heterocycles. The first-order valence-electron chi connectivity index (χ1n) is 6.64. The maximum atomic E-state index is 11.9. The van der Waals surface area contributed by atoms with Gasteiger partial charge in [-0.3, -0.25) is 9.48 Å². The van der Waals surface area contributed by atoms with Crippen LogP contribution in [0.4, 0.5) is 0 Å². The summed E-state index contributed by atoms with van der Waals surface area (Å²) in [5.41, 5.74) is 7.75. The molecule has 0 bridgehead atoms. The van der Waals surface area contributed by atoms with Crippen LogP contribution in [-0.2, 0) is 16.1 Å². The van der Waals surface area contributed by atoms with E-state index in [0.29, 0.717) is 26.2 Å². The third kappa shape index (κ3) is 3.33. The van der Waals surface area contributed by atoms with Crippen molar-refractivity contribution in [1.29, 1.82) is 0 Å². The van der Waals surface area contributed by atoms with Crippen molar-refractivity contribution >= 4 is 5.91 Å². The lowest BCUT2D eigenvalue weighted by molar-refractivity contribution is -0.140. The summed E-state index contributed by atoms with van der Waals surface area (Å²) in [6.45, 7) is 8.14. The lowest BCUT2D eigenvalue weighted by Crippen LogP contribution is -2.51. The van der Waals surface area contributed by atoms with Gasteiger partial charge in [0, 0.05) is 18.8 Å². The van der Waals surface area contributed by atoms with Crippen LogP contribution in [0.2, 0.25) is 0 Å². The minimum Gasteiger partial charge on any atom is -0.373 e. The smallest absolute Gasteiger partial charge is 0.239 e. The molecule has 106 valence electrons. The molecule has 0 aliphatic carbocycles. The van der Waals surface area contributed by atoms with E-state index in [0.717, 1.165) is 11.4 Å². The molecule has 1 saturated heterocycles. The van der Waals surface area contributed by atoms with Crippen LogP contribution >= 0.6 is 0 Å². The zero-order chi connectivity index (χ0) is 14.0. The van der Waals surface area contributed by atoms with Gasteiger partial charge in [0.25, 0.3) is 0 Å². The van der Waals surface area contributed by atoms with E-state index in [1.54, 1.807) is 11.8 Å². The van der Waals surface area contributed by atoms with Gasteiger partial charge < -0.3 is 15.4 Å². The summed E-state index contributed by atoms with van der Waals surface area (Å²) in [7, 11) is 0. The molecule has 2 atom stereocenters. The number of amides is 1. The number of nitrogens with zero attached hydrogens (tertiary/aromatic N) is 3. The Kier molecular flexibility index (Phi) is 4.21. The average molecular weight is 266 g/mol. The van der Waals surface area contributed by atoms with Crippen LogP contribution in [0.25, 0.3) is 0 Å². The monoisotopic (exact) mass is 266 g/mol. The Hall–Kier alpha value is -1.40. The predicted octanol–water partition coefficient (Wildman–Crippen LogP) is 0.0745. The Morgan fingerprint density at radius 1 is 1.63 bits per heavy atom. The van der Waals surface area contributed by atoms with Crippen molar-refractivity contribution in [3.05, 3.63) is 17.5 Å². The maximum absolute atomic E-state index is 11.9. The van der Waals surface area contributed by atoms with Gasteiger partial charge in [-0.15, -0.1) is 0 Å². The quantitative estimate of drug-likeness (QED) is 0.840. The van der Waals surface area contributed by atoms with Crippen molar-refractivity contribution in [3.63, 3.8) is 0 Å². The molecule has 0 radical (unpaired) electrons. The van der Waals surface area contributed by atoms with Gasteiger partial charge in [0.1, 0.15) is 0 Å². The highest BCUT2D eigenvalue weighted by Crippen LogP contribution is 2.10. The molecular weight excluding hydrogens is 244 g/mol. The average Bonchev–Trinajstić information content (AvgIpc) is 2.67. The number of ether oxygens (including phenoxy) is 1. The number of nitrogens with two attached hydrogens (primary N) is 1. The van der Waals surface area contributed by atoms with E-state index in [1.807, 2.05) is 24.6 Å². The minimum atomic E-state index is -0.451. The van der Waals surface area contributed by atoms with Gasteiger partial charge in [0.2, 0.25) is 5.91 Å². The molecule has 6 nitrogen and oxygen atoms in total. The van der Waals surface area contributed by atoms with E-state index in [9.17, 15) is 4.79 Å². The largest absolute Gasteiger partial charge is 0.373 e. The Morgan fingerprint density at radius 2 is 2.37 bits per heavy atom. The zero-order valence-corrected chi connectivity index (χ0v) is 11.8. The standard InChI is InChI=1S/C13H22N4O2/c1-9-6-10(2)17(15-9)8-12-7-16(4-5-19-12)13(18)11(3)14/h6,11-12H,4-5,7-8,14H2,1-3H3/t11-,12?/m1/s1. The summed E-state index contributed by atoms with van der Waals surface area (Å²) < 4.78 is 7.64. The lowest BCUT2D eigenvalue weighted by atomic mass is 10.2. The molecule has 2 N–H and O–H groups in total. The fraction of sp³-hybridized carbons (Fsp3) is 0.692. The number of hydrogen-bond acceptors (Lipinski definition) is 4. The molecule has 2 heterocycles. The number of morpholine rings is 1. The van der Waals surface area contributed by atoms with Gasteiger partial charge in [-0.2, -0.15) is 5.10 Å². The fourth-order valence-corrected chi connectivity index (χ4v) is 2.37. The van der Waals surface area contributed by atoms with Gasteiger partial charge in [0.15, 0.2) is 0 Å². The Balaban J connectivity index is 1.98. The molecule has 1 aliphatic rings. The topological polar surface area (TPSA) is 73.4 Å². The third-order valence-electron chi connectivity index (χ3n) is 3.32. The van der Waals surface area contributed by atoms with Crippen LogP contribution in [0.1, 0.15) is 18.3 Å². The number of aromatic nitrogens is 2. The molecule has 0 aromatic carbocycles. The van der Waals surface area contributed by atoms with Crippen LogP contribution in [0.15, 0.2) is 6.07 Å². The van der Waals surface area contributed by atoms with Gasteiger partial charge in [-0.25, -0.2) is 0 Å². The second kappa shape index (κ2) is 5.71. The van der Waals surface area contributed by atoms with Crippen molar-refractivity contribution in [3.8, 4) is 0 Å². The first-order chi connectivity index (χ1) is 8.97. The van der Waals surface area contributed by atoms with E-state index in [2.05, 4.69) is 5.10 Å².